The van der Waals surface area contributed by atoms with E-state index in [0.717, 1.165) is 38.9 Å². The fourth-order valence-corrected chi connectivity index (χ4v) is 2.15. The number of hydrogen-bond donors (Lipinski definition) is 0. The predicted molar refractivity (Wildman–Crippen MR) is 78.4 cm³/mol. The van der Waals surface area contributed by atoms with Crippen LogP contribution < -0.4 is 0 Å². The summed E-state index contributed by atoms with van der Waals surface area (Å²) in [7, 11) is 0. The van der Waals surface area contributed by atoms with Crippen molar-refractivity contribution >= 4 is 5.97 Å². The zero-order chi connectivity index (χ0) is 14.5. The Bertz CT molecular complexity index is 270. The van der Waals surface area contributed by atoms with E-state index in [0.29, 0.717) is 6.61 Å². The SMILES string of the molecule is CCOC(=O)/C=C/CCCCCCOC1CCCCO1. The van der Waals surface area contributed by atoms with Gasteiger partial charge in [-0.25, -0.2) is 4.79 Å². The van der Waals surface area contributed by atoms with Crippen LogP contribution in [0.25, 0.3) is 0 Å². The number of carbonyl (C=O) groups excluding carboxylic acids is 1. The van der Waals surface area contributed by atoms with Gasteiger partial charge in [0.1, 0.15) is 0 Å². The maximum atomic E-state index is 11.0. The van der Waals surface area contributed by atoms with Crippen molar-refractivity contribution in [3.8, 4) is 0 Å². The molecule has 0 radical (unpaired) electrons. The number of allylic oxidation sites excluding steroid dienone is 1. The van der Waals surface area contributed by atoms with Gasteiger partial charge in [0.15, 0.2) is 6.29 Å². The van der Waals surface area contributed by atoms with Gasteiger partial charge in [0, 0.05) is 19.3 Å². The summed E-state index contributed by atoms with van der Waals surface area (Å²) in [6.45, 7) is 3.89. The number of esters is 1. The summed E-state index contributed by atoms with van der Waals surface area (Å²) in [5.74, 6) is -0.242. The highest BCUT2D eigenvalue weighted by atomic mass is 16.7. The predicted octanol–water partition coefficient (Wildman–Crippen LogP) is 3.60. The minimum absolute atomic E-state index is 0.0382. The molecule has 0 aliphatic carbocycles. The Morgan fingerprint density at radius 2 is 2.10 bits per heavy atom. The molecule has 116 valence electrons. The van der Waals surface area contributed by atoms with Crippen LogP contribution in [0.1, 0.15) is 58.3 Å². The molecule has 1 rings (SSSR count). The summed E-state index contributed by atoms with van der Waals surface area (Å²) in [5.41, 5.74) is 0. The number of carbonyl (C=O) groups is 1. The Morgan fingerprint density at radius 1 is 1.25 bits per heavy atom. The molecule has 0 aromatic rings. The lowest BCUT2D eigenvalue weighted by Gasteiger charge is -2.22. The monoisotopic (exact) mass is 284 g/mol. The van der Waals surface area contributed by atoms with Crippen LogP contribution in [0, 0.1) is 0 Å². The van der Waals surface area contributed by atoms with Gasteiger partial charge in [0.25, 0.3) is 0 Å². The summed E-state index contributed by atoms with van der Waals surface area (Å²) >= 11 is 0. The molecule has 20 heavy (non-hydrogen) atoms. The van der Waals surface area contributed by atoms with Crippen molar-refractivity contribution in [3.63, 3.8) is 0 Å². The van der Waals surface area contributed by atoms with Crippen LogP contribution in [0.15, 0.2) is 12.2 Å². The van der Waals surface area contributed by atoms with Gasteiger partial charge in [-0.3, -0.25) is 0 Å². The van der Waals surface area contributed by atoms with E-state index in [4.69, 9.17) is 14.2 Å². The van der Waals surface area contributed by atoms with E-state index >= 15 is 0 Å². The molecule has 4 nitrogen and oxygen atoms in total. The van der Waals surface area contributed by atoms with Crippen molar-refractivity contribution in [2.24, 2.45) is 0 Å². The minimum Gasteiger partial charge on any atom is -0.463 e. The third-order valence-electron chi connectivity index (χ3n) is 3.25. The molecule has 0 amide bonds. The second-order valence-electron chi connectivity index (χ2n) is 5.02. The van der Waals surface area contributed by atoms with Crippen molar-refractivity contribution in [1.82, 2.24) is 0 Å². The number of unbranched alkanes of at least 4 members (excludes halogenated alkanes) is 4. The Balaban J connectivity index is 1.83. The zero-order valence-corrected chi connectivity index (χ0v) is 12.6. The smallest absolute Gasteiger partial charge is 0.330 e. The van der Waals surface area contributed by atoms with Gasteiger partial charge >= 0.3 is 5.97 Å². The summed E-state index contributed by atoms with van der Waals surface area (Å²) in [6, 6.07) is 0. The lowest BCUT2D eigenvalue weighted by molar-refractivity contribution is -0.162. The molecule has 1 aliphatic rings. The molecule has 0 N–H and O–H groups in total. The maximum absolute atomic E-state index is 11.0. The normalized spacial score (nSPS) is 19.4. The van der Waals surface area contributed by atoms with E-state index < -0.39 is 0 Å². The summed E-state index contributed by atoms with van der Waals surface area (Å²) in [6.07, 6.45) is 12.3. The molecule has 0 bridgehead atoms. The highest BCUT2D eigenvalue weighted by molar-refractivity contribution is 5.81. The molecule has 0 spiro atoms. The Hall–Kier alpha value is -0.870. The highest BCUT2D eigenvalue weighted by Gasteiger charge is 2.13. The molecule has 1 aliphatic heterocycles. The van der Waals surface area contributed by atoms with Crippen molar-refractivity contribution in [2.45, 2.75) is 64.6 Å². The van der Waals surface area contributed by atoms with Crippen LogP contribution in [-0.2, 0) is 19.0 Å². The summed E-state index contributed by atoms with van der Waals surface area (Å²) in [4.78, 5) is 11.0. The van der Waals surface area contributed by atoms with Crippen LogP contribution in [-0.4, -0.2) is 32.1 Å². The third-order valence-corrected chi connectivity index (χ3v) is 3.25. The molecule has 0 aromatic heterocycles. The van der Waals surface area contributed by atoms with Gasteiger partial charge in [-0.1, -0.05) is 18.9 Å². The molecule has 1 unspecified atom stereocenters. The Morgan fingerprint density at radius 3 is 2.85 bits per heavy atom. The van der Waals surface area contributed by atoms with Gasteiger partial charge in [-0.15, -0.1) is 0 Å². The standard InChI is InChI=1S/C16H28O4/c1-2-18-15(17)11-7-5-3-4-6-9-13-19-16-12-8-10-14-20-16/h7,11,16H,2-6,8-10,12-14H2,1H3/b11-7+. The largest absolute Gasteiger partial charge is 0.463 e. The zero-order valence-electron chi connectivity index (χ0n) is 12.6. The molecular formula is C16H28O4. The first kappa shape index (κ1) is 17.2. The maximum Gasteiger partial charge on any atom is 0.330 e. The summed E-state index contributed by atoms with van der Waals surface area (Å²) < 4.78 is 16.0. The van der Waals surface area contributed by atoms with Crippen LogP contribution >= 0.6 is 0 Å². The molecule has 0 aromatic carbocycles. The first-order chi connectivity index (χ1) is 9.83. The van der Waals surface area contributed by atoms with Crippen LogP contribution in [0.3, 0.4) is 0 Å². The van der Waals surface area contributed by atoms with Crippen LogP contribution in [0.5, 0.6) is 0 Å². The van der Waals surface area contributed by atoms with Crippen molar-refractivity contribution in [1.29, 1.82) is 0 Å². The molecule has 0 saturated carbocycles. The number of hydrogen-bond acceptors (Lipinski definition) is 4. The van der Waals surface area contributed by atoms with E-state index in [1.165, 1.54) is 31.8 Å². The second-order valence-corrected chi connectivity index (χ2v) is 5.02. The average molecular weight is 284 g/mol. The minimum atomic E-state index is -0.242. The topological polar surface area (TPSA) is 44.8 Å². The molecule has 4 heteroatoms. The highest BCUT2D eigenvalue weighted by Crippen LogP contribution is 2.14. The fourth-order valence-electron chi connectivity index (χ4n) is 2.15. The molecule has 1 heterocycles. The lowest BCUT2D eigenvalue weighted by atomic mass is 10.1. The Kier molecular flexibility index (Phi) is 10.2. The van der Waals surface area contributed by atoms with Crippen LogP contribution in [0.2, 0.25) is 0 Å². The van der Waals surface area contributed by atoms with Crippen LogP contribution in [0.4, 0.5) is 0 Å². The van der Waals surface area contributed by atoms with Gasteiger partial charge in [0.05, 0.1) is 6.61 Å². The van der Waals surface area contributed by atoms with E-state index in [9.17, 15) is 4.79 Å². The quantitative estimate of drug-likeness (QED) is 0.349. The van der Waals surface area contributed by atoms with Gasteiger partial charge < -0.3 is 14.2 Å². The number of rotatable bonds is 10. The fraction of sp³-hybridized carbons (Fsp3) is 0.812. The molecular weight excluding hydrogens is 256 g/mol. The summed E-state index contributed by atoms with van der Waals surface area (Å²) in [5, 5.41) is 0. The van der Waals surface area contributed by atoms with E-state index in [1.54, 1.807) is 0 Å². The first-order valence-electron chi connectivity index (χ1n) is 7.89. The van der Waals surface area contributed by atoms with Crippen molar-refractivity contribution < 1.29 is 19.0 Å². The van der Waals surface area contributed by atoms with Crippen molar-refractivity contribution in [3.05, 3.63) is 12.2 Å². The molecule has 1 atom stereocenters. The molecule has 1 fully saturated rings. The van der Waals surface area contributed by atoms with E-state index in [-0.39, 0.29) is 12.3 Å². The van der Waals surface area contributed by atoms with E-state index in [1.807, 2.05) is 13.0 Å². The van der Waals surface area contributed by atoms with Gasteiger partial charge in [-0.2, -0.15) is 0 Å². The first-order valence-corrected chi connectivity index (χ1v) is 7.89. The van der Waals surface area contributed by atoms with E-state index in [2.05, 4.69) is 0 Å². The molecule has 1 saturated heterocycles. The second kappa shape index (κ2) is 11.9. The average Bonchev–Trinajstić information content (AvgIpc) is 2.47. The lowest BCUT2D eigenvalue weighted by Crippen LogP contribution is -2.22. The number of ether oxygens (including phenoxy) is 3. The van der Waals surface area contributed by atoms with Gasteiger partial charge in [0.2, 0.25) is 0 Å². The van der Waals surface area contributed by atoms with Crippen molar-refractivity contribution in [2.75, 3.05) is 19.8 Å². The van der Waals surface area contributed by atoms with Gasteiger partial charge in [-0.05, 0) is 45.4 Å². The Labute approximate surface area is 122 Å². The third kappa shape index (κ3) is 9.10.